The number of aliphatic imine (C=N–C) groups is 1. The third-order valence-corrected chi connectivity index (χ3v) is 4.86. The Labute approximate surface area is 157 Å². The molecule has 1 N–H and O–H groups in total. The Morgan fingerprint density at radius 1 is 1.08 bits per heavy atom. The van der Waals surface area contributed by atoms with E-state index < -0.39 is 0 Å². The first-order valence-corrected chi connectivity index (χ1v) is 9.26. The van der Waals surface area contributed by atoms with E-state index in [1.54, 1.807) is 21.3 Å². The summed E-state index contributed by atoms with van der Waals surface area (Å²) in [6.07, 6.45) is 2.06. The lowest BCUT2D eigenvalue weighted by Crippen LogP contribution is -2.48. The number of hydrogen-bond acceptors (Lipinski definition) is 4. The maximum absolute atomic E-state index is 5.53. The van der Waals surface area contributed by atoms with E-state index >= 15 is 0 Å². The van der Waals surface area contributed by atoms with Crippen molar-refractivity contribution in [2.45, 2.75) is 26.7 Å². The predicted molar refractivity (Wildman–Crippen MR) is 106 cm³/mol. The minimum Gasteiger partial charge on any atom is -0.496 e. The van der Waals surface area contributed by atoms with Crippen molar-refractivity contribution in [2.75, 3.05) is 48.0 Å². The summed E-state index contributed by atoms with van der Waals surface area (Å²) in [5, 5.41) is 3.49. The highest BCUT2D eigenvalue weighted by molar-refractivity contribution is 5.80. The summed E-state index contributed by atoms with van der Waals surface area (Å²) in [7, 11) is 6.82. The molecule has 6 nitrogen and oxygen atoms in total. The van der Waals surface area contributed by atoms with Crippen LogP contribution in [0.15, 0.2) is 17.1 Å². The van der Waals surface area contributed by atoms with Crippen LogP contribution in [0.1, 0.15) is 25.8 Å². The molecule has 1 fully saturated rings. The van der Waals surface area contributed by atoms with Crippen LogP contribution in [0, 0.1) is 11.8 Å². The van der Waals surface area contributed by atoms with Gasteiger partial charge in [0.25, 0.3) is 0 Å². The highest BCUT2D eigenvalue weighted by Gasteiger charge is 2.24. The predicted octanol–water partition coefficient (Wildman–Crippen LogP) is 2.81. The van der Waals surface area contributed by atoms with E-state index in [-0.39, 0.29) is 0 Å². The molecule has 0 bridgehead atoms. The third-order valence-electron chi connectivity index (χ3n) is 4.86. The fraction of sp³-hybridized carbons (Fsp3) is 0.650. The van der Waals surface area contributed by atoms with Gasteiger partial charge in [-0.2, -0.15) is 0 Å². The molecule has 1 aliphatic heterocycles. The molecule has 2 rings (SSSR count). The fourth-order valence-electron chi connectivity index (χ4n) is 3.79. The lowest BCUT2D eigenvalue weighted by Gasteiger charge is -2.37. The summed E-state index contributed by atoms with van der Waals surface area (Å²) in [5.41, 5.74) is 1.03. The number of guanidine groups is 1. The van der Waals surface area contributed by atoms with Crippen LogP contribution in [-0.4, -0.2) is 58.9 Å². The molecule has 1 aromatic carbocycles. The SMILES string of the molecule is CN=C(NCCc1c(OC)cc(OC)cc1OC)N1CC(C)CC(C)C1. The molecule has 1 aromatic rings. The molecule has 26 heavy (non-hydrogen) atoms. The van der Waals surface area contributed by atoms with Crippen molar-refractivity contribution in [1.29, 1.82) is 0 Å². The largest absolute Gasteiger partial charge is 0.496 e. The molecule has 6 heteroatoms. The number of likely N-dealkylation sites (tertiary alicyclic amines) is 1. The Hall–Kier alpha value is -2.11. The van der Waals surface area contributed by atoms with E-state index in [9.17, 15) is 0 Å². The highest BCUT2D eigenvalue weighted by atomic mass is 16.5. The second-order valence-corrected chi connectivity index (χ2v) is 7.09. The van der Waals surface area contributed by atoms with Gasteiger partial charge in [0, 0.05) is 44.4 Å². The quantitative estimate of drug-likeness (QED) is 0.622. The van der Waals surface area contributed by atoms with Gasteiger partial charge in [-0.1, -0.05) is 13.8 Å². The second kappa shape index (κ2) is 9.55. The summed E-state index contributed by atoms with van der Waals surface area (Å²) in [4.78, 5) is 6.84. The number of nitrogens with one attached hydrogen (secondary N) is 1. The number of piperidine rings is 1. The lowest BCUT2D eigenvalue weighted by atomic mass is 9.92. The fourth-order valence-corrected chi connectivity index (χ4v) is 3.79. The van der Waals surface area contributed by atoms with Crippen molar-refractivity contribution in [3.63, 3.8) is 0 Å². The molecular weight excluding hydrogens is 330 g/mol. The first-order valence-electron chi connectivity index (χ1n) is 9.26. The number of methoxy groups -OCH3 is 3. The molecule has 146 valence electrons. The van der Waals surface area contributed by atoms with Gasteiger partial charge in [0.1, 0.15) is 17.2 Å². The topological polar surface area (TPSA) is 55.3 Å². The van der Waals surface area contributed by atoms with Crippen LogP contribution in [0.3, 0.4) is 0 Å². The summed E-state index contributed by atoms with van der Waals surface area (Å²) < 4.78 is 16.4. The molecule has 1 aliphatic rings. The van der Waals surface area contributed by atoms with Crippen molar-refractivity contribution in [2.24, 2.45) is 16.8 Å². The Bertz CT molecular complexity index is 583. The summed E-state index contributed by atoms with van der Waals surface area (Å²) in [6.45, 7) is 7.48. The summed E-state index contributed by atoms with van der Waals surface area (Å²) >= 11 is 0. The molecule has 1 saturated heterocycles. The normalized spacial score (nSPS) is 20.7. The average molecular weight is 364 g/mol. The summed E-state index contributed by atoms with van der Waals surface area (Å²) in [6, 6.07) is 3.78. The standard InChI is InChI=1S/C20H33N3O3/c1-14-9-15(2)13-23(12-14)20(21-3)22-8-7-17-18(25-5)10-16(24-4)11-19(17)26-6/h10-11,14-15H,7-9,12-13H2,1-6H3,(H,21,22). The molecular formula is C20H33N3O3. The zero-order chi connectivity index (χ0) is 19.1. The highest BCUT2D eigenvalue weighted by Crippen LogP contribution is 2.34. The molecule has 0 spiro atoms. The van der Waals surface area contributed by atoms with Crippen LogP contribution < -0.4 is 19.5 Å². The van der Waals surface area contributed by atoms with Crippen LogP contribution in [0.5, 0.6) is 17.2 Å². The zero-order valence-electron chi connectivity index (χ0n) is 17.0. The third kappa shape index (κ3) is 4.96. The minimum atomic E-state index is 0.694. The van der Waals surface area contributed by atoms with Gasteiger partial charge in [0.05, 0.1) is 21.3 Å². The average Bonchev–Trinajstić information content (AvgIpc) is 2.63. The van der Waals surface area contributed by atoms with E-state index in [1.807, 2.05) is 19.2 Å². The number of nitrogens with zero attached hydrogens (tertiary/aromatic N) is 2. The molecule has 2 atom stereocenters. The Kier molecular flexibility index (Phi) is 7.42. The first kappa shape index (κ1) is 20.2. The van der Waals surface area contributed by atoms with Gasteiger partial charge >= 0.3 is 0 Å². The molecule has 0 amide bonds. The van der Waals surface area contributed by atoms with Crippen molar-refractivity contribution in [1.82, 2.24) is 10.2 Å². The Balaban J connectivity index is 2.04. The molecule has 2 unspecified atom stereocenters. The van der Waals surface area contributed by atoms with E-state index in [4.69, 9.17) is 14.2 Å². The van der Waals surface area contributed by atoms with E-state index in [0.717, 1.165) is 54.8 Å². The first-order chi connectivity index (χ1) is 12.5. The minimum absolute atomic E-state index is 0.694. The molecule has 0 aromatic heterocycles. The van der Waals surface area contributed by atoms with Gasteiger partial charge in [-0.15, -0.1) is 0 Å². The van der Waals surface area contributed by atoms with Crippen molar-refractivity contribution < 1.29 is 14.2 Å². The van der Waals surface area contributed by atoms with Crippen LogP contribution in [0.2, 0.25) is 0 Å². The second-order valence-electron chi connectivity index (χ2n) is 7.09. The van der Waals surface area contributed by atoms with Crippen LogP contribution in [0.25, 0.3) is 0 Å². The van der Waals surface area contributed by atoms with Crippen molar-refractivity contribution >= 4 is 5.96 Å². The van der Waals surface area contributed by atoms with Crippen LogP contribution in [0.4, 0.5) is 0 Å². The Morgan fingerprint density at radius 3 is 2.12 bits per heavy atom. The van der Waals surface area contributed by atoms with Crippen molar-refractivity contribution in [3.05, 3.63) is 17.7 Å². The molecule has 0 radical (unpaired) electrons. The van der Waals surface area contributed by atoms with Gasteiger partial charge in [-0.05, 0) is 24.7 Å². The molecule has 0 saturated carbocycles. The molecule has 1 heterocycles. The van der Waals surface area contributed by atoms with Gasteiger partial charge in [0.2, 0.25) is 0 Å². The number of ether oxygens (including phenoxy) is 3. The summed E-state index contributed by atoms with van der Waals surface area (Å²) in [5.74, 6) is 4.63. The van der Waals surface area contributed by atoms with E-state index in [2.05, 4.69) is 29.1 Å². The van der Waals surface area contributed by atoms with Crippen molar-refractivity contribution in [3.8, 4) is 17.2 Å². The van der Waals surface area contributed by atoms with Gasteiger partial charge in [0.15, 0.2) is 5.96 Å². The van der Waals surface area contributed by atoms with E-state index in [1.165, 1.54) is 6.42 Å². The molecule has 0 aliphatic carbocycles. The maximum atomic E-state index is 5.53. The maximum Gasteiger partial charge on any atom is 0.193 e. The van der Waals surface area contributed by atoms with Gasteiger partial charge in [-0.25, -0.2) is 0 Å². The number of rotatable bonds is 6. The van der Waals surface area contributed by atoms with Crippen LogP contribution >= 0.6 is 0 Å². The smallest absolute Gasteiger partial charge is 0.193 e. The lowest BCUT2D eigenvalue weighted by molar-refractivity contribution is 0.208. The zero-order valence-corrected chi connectivity index (χ0v) is 17.0. The van der Waals surface area contributed by atoms with Gasteiger partial charge in [-0.3, -0.25) is 4.99 Å². The monoisotopic (exact) mass is 363 g/mol. The van der Waals surface area contributed by atoms with Gasteiger partial charge < -0.3 is 24.4 Å². The number of hydrogen-bond donors (Lipinski definition) is 1. The van der Waals surface area contributed by atoms with Crippen LogP contribution in [-0.2, 0) is 6.42 Å². The van der Waals surface area contributed by atoms with E-state index in [0.29, 0.717) is 11.8 Å². The number of benzene rings is 1. The Morgan fingerprint density at radius 2 is 1.65 bits per heavy atom.